The summed E-state index contributed by atoms with van der Waals surface area (Å²) in [4.78, 5) is 32.8. The minimum atomic E-state index is -0.400. The number of aliphatic imine (C=N–C) groups is 1. The first-order valence-electron chi connectivity index (χ1n) is 11.0. The average molecular weight is 451 g/mol. The van der Waals surface area contributed by atoms with Gasteiger partial charge in [-0.05, 0) is 32.3 Å². The van der Waals surface area contributed by atoms with Crippen LogP contribution in [0, 0.1) is 0 Å². The molecule has 1 unspecified atom stereocenters. The zero-order chi connectivity index (χ0) is 22.8. The maximum absolute atomic E-state index is 13.0. The molecule has 1 saturated heterocycles. The van der Waals surface area contributed by atoms with Crippen molar-refractivity contribution in [3.05, 3.63) is 30.0 Å². The monoisotopic (exact) mass is 451 g/mol. The van der Waals surface area contributed by atoms with E-state index in [-0.39, 0.29) is 24.4 Å². The van der Waals surface area contributed by atoms with E-state index in [4.69, 9.17) is 13.9 Å². The predicted octanol–water partition coefficient (Wildman–Crippen LogP) is 2.71. The molecule has 1 atom stereocenters. The van der Waals surface area contributed by atoms with Gasteiger partial charge in [0.05, 0.1) is 18.3 Å². The first-order chi connectivity index (χ1) is 16.1. The van der Waals surface area contributed by atoms with Crippen molar-refractivity contribution in [2.75, 3.05) is 41.8 Å². The molecule has 11 nitrogen and oxygen atoms in total. The van der Waals surface area contributed by atoms with Gasteiger partial charge in [-0.25, -0.2) is 9.97 Å². The number of nitrogens with zero attached hydrogens (tertiary/aromatic N) is 5. The smallest absolute Gasteiger partial charge is 0.297 e. The minimum absolute atomic E-state index is 0.0468. The minimum Gasteiger partial charge on any atom is -0.444 e. The number of carbonyl (C=O) groups excluding carboxylic acids is 1. The number of pyridine rings is 1. The number of hydrogen-bond acceptors (Lipinski definition) is 10. The normalized spacial score (nSPS) is 18.1. The molecule has 2 aliphatic rings. The van der Waals surface area contributed by atoms with Crippen LogP contribution in [0.5, 0.6) is 0 Å². The Bertz CT molecular complexity index is 1220. The fraction of sp³-hybridized carbons (Fsp3) is 0.409. The number of anilines is 3. The van der Waals surface area contributed by atoms with Gasteiger partial charge in [0.2, 0.25) is 11.5 Å². The lowest BCUT2D eigenvalue weighted by molar-refractivity contribution is 0.102. The fourth-order valence-electron chi connectivity index (χ4n) is 3.94. The van der Waals surface area contributed by atoms with Crippen LogP contribution in [-0.4, -0.2) is 64.5 Å². The van der Waals surface area contributed by atoms with Crippen molar-refractivity contribution in [1.29, 1.82) is 0 Å². The van der Waals surface area contributed by atoms with Crippen LogP contribution < -0.4 is 15.5 Å². The van der Waals surface area contributed by atoms with Gasteiger partial charge in [0.25, 0.3) is 11.9 Å². The average Bonchev–Trinajstić information content (AvgIpc) is 3.57. The van der Waals surface area contributed by atoms with Gasteiger partial charge in [0.15, 0.2) is 17.1 Å². The van der Waals surface area contributed by atoms with E-state index >= 15 is 0 Å². The third-order valence-corrected chi connectivity index (χ3v) is 5.55. The number of carbonyl (C=O) groups is 1. The van der Waals surface area contributed by atoms with Gasteiger partial charge in [-0.2, -0.15) is 4.98 Å². The van der Waals surface area contributed by atoms with E-state index in [0.717, 1.165) is 31.5 Å². The molecule has 1 amide bonds. The second kappa shape index (κ2) is 9.02. The zero-order valence-electron chi connectivity index (χ0n) is 18.2. The highest BCUT2D eigenvalue weighted by atomic mass is 16.4. The lowest BCUT2D eigenvalue weighted by atomic mass is 10.1. The maximum atomic E-state index is 13.0. The SMILES string of the molecule is CC1CC(c2nc(C(=O)Nc3cc4oc(NCCO)nc4nc3N3CCCC3)co2)=CC=N1. The summed E-state index contributed by atoms with van der Waals surface area (Å²) in [6.07, 6.45) is 7.75. The molecular formula is C22H25N7O4. The number of rotatable bonds is 7. The molecule has 3 N–H and O–H groups in total. The summed E-state index contributed by atoms with van der Waals surface area (Å²) in [7, 11) is 0. The molecule has 11 heteroatoms. The van der Waals surface area contributed by atoms with Crippen LogP contribution in [-0.2, 0) is 0 Å². The third kappa shape index (κ3) is 4.44. The van der Waals surface area contributed by atoms with E-state index in [9.17, 15) is 4.79 Å². The van der Waals surface area contributed by atoms with Crippen LogP contribution in [0.2, 0.25) is 0 Å². The Morgan fingerprint density at radius 3 is 2.91 bits per heavy atom. The highest BCUT2D eigenvalue weighted by Crippen LogP contribution is 2.32. The van der Waals surface area contributed by atoms with Crippen molar-refractivity contribution < 1.29 is 18.7 Å². The van der Waals surface area contributed by atoms with E-state index in [1.165, 1.54) is 6.26 Å². The third-order valence-electron chi connectivity index (χ3n) is 5.55. The Morgan fingerprint density at radius 1 is 1.27 bits per heavy atom. The van der Waals surface area contributed by atoms with Crippen LogP contribution in [0.15, 0.2) is 32.2 Å². The second-order valence-electron chi connectivity index (χ2n) is 8.08. The first-order valence-corrected chi connectivity index (χ1v) is 11.0. The number of allylic oxidation sites excluding steroid dienone is 1. The largest absolute Gasteiger partial charge is 0.444 e. The van der Waals surface area contributed by atoms with E-state index in [2.05, 4.69) is 35.5 Å². The van der Waals surface area contributed by atoms with Gasteiger partial charge < -0.3 is 29.5 Å². The summed E-state index contributed by atoms with van der Waals surface area (Å²) in [5.74, 6) is 0.656. The Labute approximate surface area is 189 Å². The van der Waals surface area contributed by atoms with E-state index in [1.54, 1.807) is 12.3 Å². The molecule has 2 aliphatic heterocycles. The van der Waals surface area contributed by atoms with Crippen molar-refractivity contribution in [3.63, 3.8) is 0 Å². The molecule has 0 radical (unpaired) electrons. The number of hydrogen-bond donors (Lipinski definition) is 3. The van der Waals surface area contributed by atoms with Crippen LogP contribution in [0.25, 0.3) is 16.8 Å². The Hall–Kier alpha value is -3.73. The van der Waals surface area contributed by atoms with Crippen molar-refractivity contribution in [2.45, 2.75) is 32.2 Å². The molecule has 0 saturated carbocycles. The Morgan fingerprint density at radius 2 is 2.12 bits per heavy atom. The van der Waals surface area contributed by atoms with E-state index in [0.29, 0.717) is 41.6 Å². The number of dihydropyridines is 1. The summed E-state index contributed by atoms with van der Waals surface area (Å²) < 4.78 is 11.3. The number of fused-ring (bicyclic) bond motifs is 1. The molecule has 0 aliphatic carbocycles. The lowest BCUT2D eigenvalue weighted by Crippen LogP contribution is -2.22. The quantitative estimate of drug-likeness (QED) is 0.494. The molecule has 0 bridgehead atoms. The number of aromatic nitrogens is 3. The second-order valence-corrected chi connectivity index (χ2v) is 8.08. The summed E-state index contributed by atoms with van der Waals surface area (Å²) in [6.45, 7) is 3.96. The van der Waals surface area contributed by atoms with E-state index in [1.807, 2.05) is 13.0 Å². The van der Waals surface area contributed by atoms with Crippen molar-refractivity contribution in [3.8, 4) is 0 Å². The predicted molar refractivity (Wildman–Crippen MR) is 124 cm³/mol. The zero-order valence-corrected chi connectivity index (χ0v) is 18.2. The highest BCUT2D eigenvalue weighted by Gasteiger charge is 2.23. The van der Waals surface area contributed by atoms with Crippen molar-refractivity contribution in [2.24, 2.45) is 4.99 Å². The molecule has 172 valence electrons. The number of aliphatic hydroxyl groups is 1. The van der Waals surface area contributed by atoms with Crippen LogP contribution in [0.3, 0.4) is 0 Å². The van der Waals surface area contributed by atoms with Gasteiger partial charge in [-0.3, -0.25) is 9.79 Å². The standard InChI is InChI=1S/C22H25N7O4/c1-13-10-14(4-5-23-13)21-26-16(12-32-21)20(31)25-15-11-17-18(28-22(33-17)24-6-9-30)27-19(15)29-7-2-3-8-29/h4-5,11-13,30H,2-3,6-10H2,1H3,(H,25,31)(H,24,27,28). The van der Waals surface area contributed by atoms with E-state index < -0.39 is 5.91 Å². The van der Waals surface area contributed by atoms with Crippen LogP contribution in [0.4, 0.5) is 17.5 Å². The summed E-state index contributed by atoms with van der Waals surface area (Å²) in [6, 6.07) is 2.13. The van der Waals surface area contributed by atoms with Gasteiger partial charge >= 0.3 is 0 Å². The Balaban J connectivity index is 1.42. The number of aliphatic hydroxyl groups excluding tert-OH is 1. The molecule has 5 rings (SSSR count). The van der Waals surface area contributed by atoms with Crippen molar-refractivity contribution in [1.82, 2.24) is 15.0 Å². The van der Waals surface area contributed by atoms with Crippen molar-refractivity contribution >= 4 is 46.4 Å². The number of amides is 1. The van der Waals surface area contributed by atoms with Gasteiger partial charge in [0.1, 0.15) is 6.26 Å². The number of oxazole rings is 2. The van der Waals surface area contributed by atoms with Gasteiger partial charge in [-0.1, -0.05) is 0 Å². The van der Waals surface area contributed by atoms with Gasteiger partial charge in [0, 0.05) is 37.5 Å². The highest BCUT2D eigenvalue weighted by molar-refractivity contribution is 6.05. The number of nitrogens with one attached hydrogen (secondary N) is 2. The molecule has 3 aromatic rings. The fourth-order valence-corrected chi connectivity index (χ4v) is 3.94. The summed E-state index contributed by atoms with van der Waals surface area (Å²) in [5, 5.41) is 14.8. The van der Waals surface area contributed by atoms with Gasteiger partial charge in [-0.15, -0.1) is 0 Å². The molecule has 33 heavy (non-hydrogen) atoms. The first kappa shape index (κ1) is 21.1. The maximum Gasteiger partial charge on any atom is 0.297 e. The molecular weight excluding hydrogens is 426 g/mol. The summed E-state index contributed by atoms with van der Waals surface area (Å²) in [5.41, 5.74) is 2.45. The Kier molecular flexibility index (Phi) is 5.78. The topological polar surface area (TPSA) is 142 Å². The molecule has 0 aromatic carbocycles. The summed E-state index contributed by atoms with van der Waals surface area (Å²) >= 11 is 0. The molecule has 3 aromatic heterocycles. The molecule has 1 fully saturated rings. The van der Waals surface area contributed by atoms with Crippen LogP contribution >= 0.6 is 0 Å². The molecule has 5 heterocycles. The molecule has 0 spiro atoms. The van der Waals surface area contributed by atoms with Crippen LogP contribution in [0.1, 0.15) is 42.6 Å². The lowest BCUT2D eigenvalue weighted by Gasteiger charge is -2.19.